The Morgan fingerprint density at radius 3 is 2.29 bits per heavy atom. The van der Waals surface area contributed by atoms with Crippen LogP contribution >= 0.6 is 0 Å². The smallest absolute Gasteiger partial charge is 0.248 e. The predicted molar refractivity (Wildman–Crippen MR) is 113 cm³/mol. The number of ether oxygens (including phenoxy) is 1. The van der Waals surface area contributed by atoms with E-state index in [1.165, 1.54) is 4.31 Å². The fourth-order valence-electron chi connectivity index (χ4n) is 2.77. The van der Waals surface area contributed by atoms with Gasteiger partial charge < -0.3 is 10.1 Å². The Kier molecular flexibility index (Phi) is 7.23. The van der Waals surface area contributed by atoms with Crippen LogP contribution < -0.4 is 14.4 Å². The molecule has 1 unspecified atom stereocenters. The lowest BCUT2D eigenvalue weighted by Crippen LogP contribution is -2.47. The Morgan fingerprint density at radius 2 is 1.79 bits per heavy atom. The first-order valence-corrected chi connectivity index (χ1v) is 10.8. The van der Waals surface area contributed by atoms with Gasteiger partial charge in [-0.05, 0) is 49.7 Å². The van der Waals surface area contributed by atoms with Crippen molar-refractivity contribution in [2.45, 2.75) is 26.3 Å². The van der Waals surface area contributed by atoms with Crippen molar-refractivity contribution in [3.05, 3.63) is 66.7 Å². The fraction of sp³-hybridized carbons (Fsp3) is 0.286. The minimum atomic E-state index is -3.65. The summed E-state index contributed by atoms with van der Waals surface area (Å²) in [4.78, 5) is 12.9. The maximum Gasteiger partial charge on any atom is 0.248 e. The zero-order valence-corrected chi connectivity index (χ0v) is 17.2. The van der Waals surface area contributed by atoms with Gasteiger partial charge in [0.25, 0.3) is 0 Å². The van der Waals surface area contributed by atoms with E-state index in [0.29, 0.717) is 30.2 Å². The molecule has 0 saturated carbocycles. The highest BCUT2D eigenvalue weighted by atomic mass is 32.2. The van der Waals surface area contributed by atoms with Crippen LogP contribution in [0.1, 0.15) is 18.9 Å². The van der Waals surface area contributed by atoms with Gasteiger partial charge in [0.2, 0.25) is 15.9 Å². The number of rotatable bonds is 9. The van der Waals surface area contributed by atoms with E-state index in [0.717, 1.165) is 11.8 Å². The summed E-state index contributed by atoms with van der Waals surface area (Å²) in [5.74, 6) is 0.260. The average molecular weight is 403 g/mol. The maximum atomic E-state index is 12.9. The molecule has 0 aliphatic carbocycles. The van der Waals surface area contributed by atoms with Gasteiger partial charge in [0, 0.05) is 5.69 Å². The molecule has 1 N–H and O–H groups in total. The van der Waals surface area contributed by atoms with Crippen molar-refractivity contribution in [3.63, 3.8) is 0 Å². The molecular weight excluding hydrogens is 376 g/mol. The highest BCUT2D eigenvalue weighted by Crippen LogP contribution is 2.24. The number of nitrogens with one attached hydrogen (secondary N) is 1. The lowest BCUT2D eigenvalue weighted by Gasteiger charge is -2.30. The molecule has 0 saturated heterocycles. The number of anilines is 2. The predicted octanol–water partition coefficient (Wildman–Crippen LogP) is 3.74. The molecule has 150 valence electrons. The number of hydrogen-bond acceptors (Lipinski definition) is 4. The van der Waals surface area contributed by atoms with E-state index in [9.17, 15) is 13.2 Å². The molecular formula is C21H26N2O4S. The van der Waals surface area contributed by atoms with Crippen molar-refractivity contribution >= 4 is 27.3 Å². The molecule has 0 aromatic heterocycles. The molecule has 0 aliphatic heterocycles. The molecule has 2 aromatic carbocycles. The number of benzene rings is 2. The zero-order chi connectivity index (χ0) is 20.7. The number of amides is 1. The molecule has 1 amide bonds. The van der Waals surface area contributed by atoms with Crippen molar-refractivity contribution in [1.29, 1.82) is 0 Å². The molecule has 1 atom stereocenters. The van der Waals surface area contributed by atoms with Crippen LogP contribution in [0.25, 0.3) is 0 Å². The van der Waals surface area contributed by atoms with E-state index < -0.39 is 22.0 Å². The van der Waals surface area contributed by atoms with Crippen molar-refractivity contribution in [3.8, 4) is 5.75 Å². The van der Waals surface area contributed by atoms with Crippen LogP contribution in [-0.2, 0) is 14.8 Å². The monoisotopic (exact) mass is 402 g/mol. The molecule has 0 fully saturated rings. The van der Waals surface area contributed by atoms with Crippen LogP contribution in [0.3, 0.4) is 0 Å². The first kappa shape index (κ1) is 21.5. The molecule has 7 heteroatoms. The van der Waals surface area contributed by atoms with Gasteiger partial charge in [-0.3, -0.25) is 9.10 Å². The first-order chi connectivity index (χ1) is 13.3. The van der Waals surface area contributed by atoms with Crippen LogP contribution in [0.2, 0.25) is 0 Å². The third-order valence-electron chi connectivity index (χ3n) is 4.11. The molecule has 0 bridgehead atoms. The van der Waals surface area contributed by atoms with Crippen LogP contribution in [0.15, 0.2) is 61.2 Å². The summed E-state index contributed by atoms with van der Waals surface area (Å²) in [5, 5.41) is 2.79. The Labute approximate surface area is 166 Å². The molecule has 2 aromatic rings. The summed E-state index contributed by atoms with van der Waals surface area (Å²) < 4.78 is 31.5. The molecule has 0 radical (unpaired) electrons. The normalized spacial score (nSPS) is 12.1. The number of hydrogen-bond donors (Lipinski definition) is 1. The second-order valence-electron chi connectivity index (χ2n) is 6.43. The van der Waals surface area contributed by atoms with E-state index in [2.05, 4.69) is 11.9 Å². The SMILES string of the molecule is C=CCOc1ccc(NC(=O)C(CC)N(c2ccc(C)cc2)S(C)(=O)=O)cc1. The summed E-state index contributed by atoms with van der Waals surface area (Å²) in [6.45, 7) is 7.68. The van der Waals surface area contributed by atoms with Crippen molar-refractivity contribution in [1.82, 2.24) is 0 Å². The van der Waals surface area contributed by atoms with Gasteiger partial charge in [-0.1, -0.05) is 37.3 Å². The van der Waals surface area contributed by atoms with Gasteiger partial charge in [0.05, 0.1) is 11.9 Å². The number of carbonyl (C=O) groups is 1. The molecule has 0 aliphatic rings. The number of aryl methyl sites for hydroxylation is 1. The Bertz CT molecular complexity index is 906. The topological polar surface area (TPSA) is 75.7 Å². The average Bonchev–Trinajstić information content (AvgIpc) is 2.65. The second kappa shape index (κ2) is 9.41. The van der Waals surface area contributed by atoms with Crippen molar-refractivity contribution < 1.29 is 17.9 Å². The van der Waals surface area contributed by atoms with Crippen molar-refractivity contribution in [2.75, 3.05) is 22.5 Å². The standard InChI is InChI=1S/C21H26N2O4S/c1-5-15-27-19-13-9-17(10-14-19)22-21(24)20(6-2)23(28(4,25)26)18-11-7-16(3)8-12-18/h5,7-14,20H,1,6,15H2,2-4H3,(H,22,24). The summed E-state index contributed by atoms with van der Waals surface area (Å²) in [6.07, 6.45) is 3.08. The van der Waals surface area contributed by atoms with Crippen LogP contribution in [-0.4, -0.2) is 33.2 Å². The third kappa shape index (κ3) is 5.60. The number of nitrogens with zero attached hydrogens (tertiary/aromatic N) is 1. The number of sulfonamides is 1. The lowest BCUT2D eigenvalue weighted by molar-refractivity contribution is -0.117. The molecule has 28 heavy (non-hydrogen) atoms. The van der Waals surface area contributed by atoms with E-state index >= 15 is 0 Å². The minimum Gasteiger partial charge on any atom is -0.490 e. The first-order valence-electron chi connectivity index (χ1n) is 8.97. The zero-order valence-electron chi connectivity index (χ0n) is 16.4. The largest absolute Gasteiger partial charge is 0.490 e. The molecule has 2 rings (SSSR count). The van der Waals surface area contributed by atoms with Crippen LogP contribution in [0.4, 0.5) is 11.4 Å². The lowest BCUT2D eigenvalue weighted by atomic mass is 10.1. The van der Waals surface area contributed by atoms with Gasteiger partial charge in [-0.25, -0.2) is 8.42 Å². The molecule has 0 spiro atoms. The molecule has 0 heterocycles. The molecule has 6 nitrogen and oxygen atoms in total. The van der Waals surface area contributed by atoms with Crippen molar-refractivity contribution in [2.24, 2.45) is 0 Å². The third-order valence-corrected chi connectivity index (χ3v) is 5.29. The van der Waals surface area contributed by atoms with Crippen LogP contribution in [0, 0.1) is 6.92 Å². The van der Waals surface area contributed by atoms with Gasteiger partial charge in [0.1, 0.15) is 18.4 Å². The quantitative estimate of drug-likeness (QED) is 0.648. The second-order valence-corrected chi connectivity index (χ2v) is 8.29. The Morgan fingerprint density at radius 1 is 1.18 bits per heavy atom. The summed E-state index contributed by atoms with van der Waals surface area (Å²) >= 11 is 0. The Hall–Kier alpha value is -2.80. The van der Waals surface area contributed by atoms with Crippen LogP contribution in [0.5, 0.6) is 5.75 Å². The summed E-state index contributed by atoms with van der Waals surface area (Å²) in [5.41, 5.74) is 2.03. The minimum absolute atomic E-state index is 0.327. The van der Waals surface area contributed by atoms with Gasteiger partial charge in [0.15, 0.2) is 0 Å². The number of carbonyl (C=O) groups excluding carboxylic acids is 1. The van der Waals surface area contributed by atoms with Gasteiger partial charge in [-0.15, -0.1) is 0 Å². The Balaban J connectivity index is 2.24. The van der Waals surface area contributed by atoms with E-state index in [1.807, 2.05) is 19.1 Å². The van der Waals surface area contributed by atoms with Gasteiger partial charge in [-0.2, -0.15) is 0 Å². The summed E-state index contributed by atoms with van der Waals surface area (Å²) in [6, 6.07) is 13.1. The van der Waals surface area contributed by atoms with Gasteiger partial charge >= 0.3 is 0 Å². The highest BCUT2D eigenvalue weighted by molar-refractivity contribution is 7.92. The van der Waals surface area contributed by atoms with E-state index in [-0.39, 0.29) is 0 Å². The van der Waals surface area contributed by atoms with E-state index in [4.69, 9.17) is 4.74 Å². The van der Waals surface area contributed by atoms with E-state index in [1.54, 1.807) is 49.4 Å². The summed E-state index contributed by atoms with van der Waals surface area (Å²) in [7, 11) is -3.65. The maximum absolute atomic E-state index is 12.9. The fourth-order valence-corrected chi connectivity index (χ4v) is 3.98. The highest BCUT2D eigenvalue weighted by Gasteiger charge is 2.31.